The van der Waals surface area contributed by atoms with Gasteiger partial charge in [-0.25, -0.2) is 0 Å². The van der Waals surface area contributed by atoms with Crippen LogP contribution in [0.4, 0.5) is 0 Å². The van der Waals surface area contributed by atoms with Crippen LogP contribution in [0.1, 0.15) is 52.0 Å². The number of ether oxygens (including phenoxy) is 1. The van der Waals surface area contributed by atoms with Crippen molar-refractivity contribution in [1.82, 2.24) is 20.1 Å². The lowest BCUT2D eigenvalue weighted by Crippen LogP contribution is -2.31. The first kappa shape index (κ1) is 19.7. The summed E-state index contributed by atoms with van der Waals surface area (Å²) in [6.45, 7) is 3.93. The molecule has 0 bridgehead atoms. The molecular formula is C20H28N4O2S. The molecule has 1 aliphatic rings. The molecule has 1 saturated carbocycles. The van der Waals surface area contributed by atoms with Crippen molar-refractivity contribution in [1.29, 1.82) is 0 Å². The molecule has 0 atom stereocenters. The van der Waals surface area contributed by atoms with Crippen molar-refractivity contribution in [2.24, 2.45) is 0 Å². The highest BCUT2D eigenvalue weighted by Gasteiger charge is 2.24. The van der Waals surface area contributed by atoms with Gasteiger partial charge in [-0.15, -0.1) is 10.2 Å². The van der Waals surface area contributed by atoms with Crippen molar-refractivity contribution in [3.8, 4) is 17.1 Å². The highest BCUT2D eigenvalue weighted by Crippen LogP contribution is 2.35. The molecular weight excluding hydrogens is 360 g/mol. The topological polar surface area (TPSA) is 69.0 Å². The quantitative estimate of drug-likeness (QED) is 0.724. The van der Waals surface area contributed by atoms with Crippen molar-refractivity contribution in [3.63, 3.8) is 0 Å². The molecule has 1 aromatic heterocycles. The van der Waals surface area contributed by atoms with Gasteiger partial charge in [-0.2, -0.15) is 0 Å². The molecule has 1 aromatic carbocycles. The fourth-order valence-electron chi connectivity index (χ4n) is 3.47. The van der Waals surface area contributed by atoms with Crippen LogP contribution in [0.5, 0.6) is 5.75 Å². The Balaban J connectivity index is 1.86. The molecule has 1 N–H and O–H groups in total. The number of carbonyl (C=O) groups is 1. The molecule has 6 nitrogen and oxygen atoms in total. The molecule has 0 aliphatic heterocycles. The highest BCUT2D eigenvalue weighted by atomic mass is 32.2. The van der Waals surface area contributed by atoms with Crippen molar-refractivity contribution in [3.05, 3.63) is 24.3 Å². The lowest BCUT2D eigenvalue weighted by atomic mass is 9.95. The second-order valence-corrected chi connectivity index (χ2v) is 8.15. The number of carbonyl (C=O) groups excluding carboxylic acids is 1. The Bertz CT molecular complexity index is 752. The fraction of sp³-hybridized carbons (Fsp3) is 0.550. The summed E-state index contributed by atoms with van der Waals surface area (Å²) in [6.07, 6.45) is 6.00. The van der Waals surface area contributed by atoms with E-state index in [0.717, 1.165) is 35.1 Å². The largest absolute Gasteiger partial charge is 0.497 e. The van der Waals surface area contributed by atoms with E-state index in [4.69, 9.17) is 4.74 Å². The zero-order valence-electron chi connectivity index (χ0n) is 16.3. The third-order valence-corrected chi connectivity index (χ3v) is 5.68. The SMILES string of the molecule is COc1ccc(-c2nnc(SCC(=O)NC(C)C)n2C2CCCCC2)cc1. The van der Waals surface area contributed by atoms with Gasteiger partial charge < -0.3 is 10.1 Å². The third kappa shape index (κ3) is 5.03. The smallest absolute Gasteiger partial charge is 0.230 e. The van der Waals surface area contributed by atoms with Crippen LogP contribution < -0.4 is 10.1 Å². The number of benzene rings is 1. The summed E-state index contributed by atoms with van der Waals surface area (Å²) in [5.74, 6) is 2.07. The zero-order chi connectivity index (χ0) is 19.2. The molecule has 0 radical (unpaired) electrons. The van der Waals surface area contributed by atoms with E-state index in [1.165, 1.54) is 31.0 Å². The maximum Gasteiger partial charge on any atom is 0.230 e. The number of nitrogens with zero attached hydrogens (tertiary/aromatic N) is 3. The van der Waals surface area contributed by atoms with Crippen LogP contribution in [-0.2, 0) is 4.79 Å². The summed E-state index contributed by atoms with van der Waals surface area (Å²) in [5, 5.41) is 12.7. The normalized spacial score (nSPS) is 15.1. The lowest BCUT2D eigenvalue weighted by Gasteiger charge is -2.25. The molecule has 0 spiro atoms. The van der Waals surface area contributed by atoms with E-state index < -0.39 is 0 Å². The second kappa shape index (κ2) is 9.26. The molecule has 2 aromatic rings. The molecule has 146 valence electrons. The molecule has 1 heterocycles. The van der Waals surface area contributed by atoms with Gasteiger partial charge in [-0.05, 0) is 51.0 Å². The molecule has 7 heteroatoms. The fourth-order valence-corrected chi connectivity index (χ4v) is 4.29. The second-order valence-electron chi connectivity index (χ2n) is 7.21. The summed E-state index contributed by atoms with van der Waals surface area (Å²) in [5.41, 5.74) is 1.02. The summed E-state index contributed by atoms with van der Waals surface area (Å²) in [7, 11) is 1.66. The van der Waals surface area contributed by atoms with E-state index in [1.54, 1.807) is 7.11 Å². The Morgan fingerprint density at radius 1 is 1.22 bits per heavy atom. The summed E-state index contributed by atoms with van der Waals surface area (Å²) in [6, 6.07) is 8.45. The van der Waals surface area contributed by atoms with Crippen LogP contribution in [-0.4, -0.2) is 39.6 Å². The van der Waals surface area contributed by atoms with Gasteiger partial charge in [0.2, 0.25) is 5.91 Å². The van der Waals surface area contributed by atoms with E-state index in [-0.39, 0.29) is 11.9 Å². The average Bonchev–Trinajstić information content (AvgIpc) is 3.10. The first-order valence-corrected chi connectivity index (χ1v) is 10.6. The van der Waals surface area contributed by atoms with Gasteiger partial charge in [0.1, 0.15) is 5.75 Å². The number of amides is 1. The number of thioether (sulfide) groups is 1. The summed E-state index contributed by atoms with van der Waals surface area (Å²) >= 11 is 1.47. The predicted octanol–water partition coefficient (Wildman–Crippen LogP) is 4.08. The summed E-state index contributed by atoms with van der Waals surface area (Å²) < 4.78 is 7.51. The minimum atomic E-state index is 0.0270. The van der Waals surface area contributed by atoms with Gasteiger partial charge in [-0.3, -0.25) is 9.36 Å². The Morgan fingerprint density at radius 2 is 1.93 bits per heavy atom. The number of hydrogen-bond acceptors (Lipinski definition) is 5. The van der Waals surface area contributed by atoms with Crippen LogP contribution >= 0.6 is 11.8 Å². The average molecular weight is 389 g/mol. The van der Waals surface area contributed by atoms with E-state index in [0.29, 0.717) is 11.8 Å². The van der Waals surface area contributed by atoms with Gasteiger partial charge in [0.05, 0.1) is 12.9 Å². The minimum absolute atomic E-state index is 0.0270. The molecule has 1 aliphatic carbocycles. The van der Waals surface area contributed by atoms with Gasteiger partial charge in [-0.1, -0.05) is 31.0 Å². The van der Waals surface area contributed by atoms with Crippen LogP contribution in [0.25, 0.3) is 11.4 Å². The van der Waals surface area contributed by atoms with Crippen molar-refractivity contribution >= 4 is 17.7 Å². The van der Waals surface area contributed by atoms with Gasteiger partial charge in [0.15, 0.2) is 11.0 Å². The minimum Gasteiger partial charge on any atom is -0.497 e. The first-order valence-electron chi connectivity index (χ1n) is 9.60. The molecule has 1 amide bonds. The Hall–Kier alpha value is -2.02. The van der Waals surface area contributed by atoms with E-state index in [2.05, 4.69) is 20.1 Å². The number of hydrogen-bond donors (Lipinski definition) is 1. The van der Waals surface area contributed by atoms with Crippen LogP contribution in [0, 0.1) is 0 Å². The molecule has 0 unspecified atom stereocenters. The van der Waals surface area contributed by atoms with Crippen LogP contribution in [0.15, 0.2) is 29.4 Å². The number of methoxy groups -OCH3 is 1. The highest BCUT2D eigenvalue weighted by molar-refractivity contribution is 7.99. The number of aromatic nitrogens is 3. The molecule has 0 saturated heterocycles. The van der Waals surface area contributed by atoms with Crippen molar-refractivity contribution in [2.45, 2.75) is 63.2 Å². The van der Waals surface area contributed by atoms with Crippen molar-refractivity contribution < 1.29 is 9.53 Å². The summed E-state index contributed by atoms with van der Waals surface area (Å²) in [4.78, 5) is 12.1. The van der Waals surface area contributed by atoms with Gasteiger partial charge >= 0.3 is 0 Å². The first-order chi connectivity index (χ1) is 13.1. The number of nitrogens with one attached hydrogen (secondary N) is 1. The van der Waals surface area contributed by atoms with Crippen LogP contribution in [0.2, 0.25) is 0 Å². The Labute approximate surface area is 165 Å². The maximum absolute atomic E-state index is 12.1. The van der Waals surface area contributed by atoms with E-state index in [1.807, 2.05) is 38.1 Å². The van der Waals surface area contributed by atoms with Crippen molar-refractivity contribution in [2.75, 3.05) is 12.9 Å². The predicted molar refractivity (Wildman–Crippen MR) is 108 cm³/mol. The van der Waals surface area contributed by atoms with E-state index >= 15 is 0 Å². The lowest BCUT2D eigenvalue weighted by molar-refractivity contribution is -0.119. The van der Waals surface area contributed by atoms with Crippen LogP contribution in [0.3, 0.4) is 0 Å². The molecule has 1 fully saturated rings. The van der Waals surface area contributed by atoms with Gasteiger partial charge in [0, 0.05) is 17.6 Å². The standard InChI is InChI=1S/C20H28N4O2S/c1-14(2)21-18(25)13-27-20-23-22-19(15-9-11-17(26-3)12-10-15)24(20)16-7-5-4-6-8-16/h9-12,14,16H,4-8,13H2,1-3H3,(H,21,25). The van der Waals surface area contributed by atoms with E-state index in [9.17, 15) is 4.79 Å². The third-order valence-electron chi connectivity index (χ3n) is 4.73. The Kier molecular flexibility index (Phi) is 6.77. The maximum atomic E-state index is 12.1. The molecule has 3 rings (SSSR count). The molecule has 27 heavy (non-hydrogen) atoms. The Morgan fingerprint density at radius 3 is 2.56 bits per heavy atom. The zero-order valence-corrected chi connectivity index (χ0v) is 17.1. The monoisotopic (exact) mass is 388 g/mol. The number of rotatable bonds is 7. The van der Waals surface area contributed by atoms with Gasteiger partial charge in [0.25, 0.3) is 0 Å².